The summed E-state index contributed by atoms with van der Waals surface area (Å²) in [7, 11) is 0. The minimum absolute atomic E-state index is 0.0119. The van der Waals surface area contributed by atoms with Crippen LogP contribution in [0.1, 0.15) is 27.2 Å². The van der Waals surface area contributed by atoms with Crippen LogP contribution >= 0.6 is 0 Å². The van der Waals surface area contributed by atoms with Crippen molar-refractivity contribution in [1.82, 2.24) is 0 Å². The third-order valence-electron chi connectivity index (χ3n) is 1.83. The maximum absolute atomic E-state index is 10.1. The second-order valence-electron chi connectivity index (χ2n) is 2.61. The van der Waals surface area contributed by atoms with Crippen LogP contribution in [-0.4, -0.2) is 15.5 Å². The summed E-state index contributed by atoms with van der Waals surface area (Å²) < 4.78 is 15.2. The Morgan fingerprint density at radius 3 is 2.55 bits per heavy atom. The van der Waals surface area contributed by atoms with Crippen molar-refractivity contribution in [3.63, 3.8) is 0 Å². The van der Waals surface area contributed by atoms with Crippen LogP contribution in [0.4, 0.5) is 0 Å². The van der Waals surface area contributed by atoms with Gasteiger partial charge in [-0.2, -0.15) is 0 Å². The zero-order valence-corrected chi connectivity index (χ0v) is 7.98. The average Bonchev–Trinajstić information content (AvgIpc) is 2.02. The molecule has 0 fully saturated rings. The summed E-state index contributed by atoms with van der Waals surface area (Å²) >= 11 is 0.203. The van der Waals surface area contributed by atoms with E-state index in [1.54, 1.807) is 0 Å². The van der Waals surface area contributed by atoms with Gasteiger partial charge in [0.15, 0.2) is 0 Å². The van der Waals surface area contributed by atoms with Crippen LogP contribution in [0.5, 0.6) is 0 Å². The van der Waals surface area contributed by atoms with Gasteiger partial charge in [0.25, 0.3) is 0 Å². The van der Waals surface area contributed by atoms with Crippen molar-refractivity contribution in [2.45, 2.75) is 33.3 Å². The maximum Gasteiger partial charge on any atom is 0.214 e. The molecule has 0 radical (unpaired) electrons. The fraction of sp³-hybridized carbons (Fsp3) is 0.857. The van der Waals surface area contributed by atoms with Gasteiger partial charge in [-0.25, -0.2) is 4.21 Å². The Hall–Kier alpha value is -0.190. The zero-order valence-electron chi connectivity index (χ0n) is 7.16. The molecule has 0 aliphatic carbocycles. The normalized spacial score (nSPS) is 15.6. The molecule has 2 unspecified atom stereocenters. The first-order valence-corrected chi connectivity index (χ1v) is 4.44. The Kier molecular flexibility index (Phi) is 5.36. The molecule has 2 N–H and O–H groups in total. The molecule has 3 nitrogen and oxygen atoms in total. The molecule has 0 heterocycles. The molecule has 0 rings (SSSR count). The standard InChI is InChI=1S/C7H15NO2S/c1-4-5(2)6(3)10-7(8)11-9/h5-6H,4,8H2,1-3H3. The Morgan fingerprint density at radius 2 is 2.18 bits per heavy atom. The quantitative estimate of drug-likeness (QED) is 0.645. The van der Waals surface area contributed by atoms with Crippen molar-refractivity contribution in [3.05, 3.63) is 0 Å². The van der Waals surface area contributed by atoms with Gasteiger partial charge in [0.2, 0.25) is 5.17 Å². The van der Waals surface area contributed by atoms with E-state index in [2.05, 4.69) is 13.8 Å². The Bertz CT molecular complexity index is 166. The van der Waals surface area contributed by atoms with Crippen molar-refractivity contribution in [1.29, 1.82) is 0 Å². The highest BCUT2D eigenvalue weighted by atomic mass is 32.1. The lowest BCUT2D eigenvalue weighted by atomic mass is 10.0. The van der Waals surface area contributed by atoms with E-state index < -0.39 is 0 Å². The van der Waals surface area contributed by atoms with Gasteiger partial charge in [-0.15, -0.1) is 0 Å². The third kappa shape index (κ3) is 4.29. The molecule has 0 aromatic heterocycles. The van der Waals surface area contributed by atoms with E-state index in [9.17, 15) is 4.21 Å². The summed E-state index contributed by atoms with van der Waals surface area (Å²) in [6.07, 6.45) is 1.05. The van der Waals surface area contributed by atoms with E-state index in [0.29, 0.717) is 5.92 Å². The Balaban J connectivity index is 3.86. The van der Waals surface area contributed by atoms with Crippen molar-refractivity contribution >= 4 is 16.4 Å². The fourth-order valence-corrected chi connectivity index (χ4v) is 0.842. The van der Waals surface area contributed by atoms with Crippen LogP contribution in [0, 0.1) is 5.92 Å². The molecule has 0 aliphatic heterocycles. The third-order valence-corrected chi connectivity index (χ3v) is 2.09. The highest BCUT2D eigenvalue weighted by molar-refractivity contribution is 7.65. The predicted molar refractivity (Wildman–Crippen MR) is 47.3 cm³/mol. The van der Waals surface area contributed by atoms with Gasteiger partial charge in [0.1, 0.15) is 11.3 Å². The average molecular weight is 177 g/mol. The summed E-state index contributed by atoms with van der Waals surface area (Å²) in [4.78, 5) is 0. The van der Waals surface area contributed by atoms with E-state index in [1.807, 2.05) is 6.92 Å². The molecule has 0 saturated carbocycles. The van der Waals surface area contributed by atoms with Crippen LogP contribution < -0.4 is 5.73 Å². The molecule has 0 aromatic rings. The SMILES string of the molecule is CCC(C)C(C)OC(N)=S=O. The van der Waals surface area contributed by atoms with Gasteiger partial charge in [-0.1, -0.05) is 20.3 Å². The molecule has 0 amide bonds. The number of hydrogen-bond acceptors (Lipinski definition) is 2. The first-order valence-electron chi connectivity index (χ1n) is 3.70. The lowest BCUT2D eigenvalue weighted by Crippen LogP contribution is -2.26. The van der Waals surface area contributed by atoms with Crippen LogP contribution in [0.25, 0.3) is 0 Å². The molecule has 4 heteroatoms. The fourth-order valence-electron chi connectivity index (χ4n) is 0.651. The predicted octanol–water partition coefficient (Wildman–Crippen LogP) is 0.697. The number of nitrogens with two attached hydrogens (primary N) is 1. The molecule has 2 atom stereocenters. The lowest BCUT2D eigenvalue weighted by Gasteiger charge is -2.16. The van der Waals surface area contributed by atoms with Crippen molar-refractivity contribution < 1.29 is 8.95 Å². The van der Waals surface area contributed by atoms with Crippen LogP contribution in [0.15, 0.2) is 0 Å². The van der Waals surface area contributed by atoms with E-state index >= 15 is 0 Å². The van der Waals surface area contributed by atoms with Crippen molar-refractivity contribution in [3.8, 4) is 0 Å². The second-order valence-corrected chi connectivity index (χ2v) is 3.18. The second kappa shape index (κ2) is 5.46. The van der Waals surface area contributed by atoms with Crippen molar-refractivity contribution in [2.75, 3.05) is 0 Å². The molecular formula is C7H15NO2S. The highest BCUT2D eigenvalue weighted by Crippen LogP contribution is 2.09. The molecule has 0 bridgehead atoms. The minimum atomic E-state index is 0.0119. The lowest BCUT2D eigenvalue weighted by molar-refractivity contribution is 0.148. The summed E-state index contributed by atoms with van der Waals surface area (Å²) in [5.74, 6) is 0.431. The maximum atomic E-state index is 10.1. The van der Waals surface area contributed by atoms with Crippen LogP contribution in [-0.2, 0) is 16.0 Å². The minimum Gasteiger partial charge on any atom is -0.322 e. The number of ether oxygens (including phenoxy) is 1. The van der Waals surface area contributed by atoms with E-state index in [4.69, 9.17) is 10.5 Å². The van der Waals surface area contributed by atoms with Crippen molar-refractivity contribution in [2.24, 2.45) is 11.7 Å². The van der Waals surface area contributed by atoms with E-state index in [1.165, 1.54) is 0 Å². The molecule has 11 heavy (non-hydrogen) atoms. The number of hydrogen-bond donors (Lipinski definition) is 1. The summed E-state index contributed by atoms with van der Waals surface area (Å²) in [6.45, 7) is 6.05. The van der Waals surface area contributed by atoms with Gasteiger partial charge in [-0.05, 0) is 12.8 Å². The molecule has 66 valence electrons. The number of rotatable bonds is 3. The largest absolute Gasteiger partial charge is 0.322 e. The zero-order chi connectivity index (χ0) is 8.85. The summed E-state index contributed by atoms with van der Waals surface area (Å²) in [5.41, 5.74) is 5.21. The molecule has 0 saturated heterocycles. The monoisotopic (exact) mass is 177 g/mol. The molecule has 0 aromatic carbocycles. The topological polar surface area (TPSA) is 52.3 Å². The highest BCUT2D eigenvalue weighted by Gasteiger charge is 2.11. The van der Waals surface area contributed by atoms with Gasteiger partial charge in [-0.3, -0.25) is 5.73 Å². The summed E-state index contributed by atoms with van der Waals surface area (Å²) in [5, 5.41) is 0.0119. The molecular weight excluding hydrogens is 162 g/mol. The Morgan fingerprint density at radius 1 is 1.64 bits per heavy atom. The van der Waals surface area contributed by atoms with Crippen LogP contribution in [0.2, 0.25) is 0 Å². The van der Waals surface area contributed by atoms with E-state index in [0.717, 1.165) is 6.42 Å². The molecule has 0 spiro atoms. The van der Waals surface area contributed by atoms with Crippen LogP contribution in [0.3, 0.4) is 0 Å². The smallest absolute Gasteiger partial charge is 0.214 e. The van der Waals surface area contributed by atoms with Gasteiger partial charge in [0.05, 0.1) is 6.10 Å². The summed E-state index contributed by atoms with van der Waals surface area (Å²) in [6, 6.07) is 0. The van der Waals surface area contributed by atoms with E-state index in [-0.39, 0.29) is 22.5 Å². The Labute approximate surface area is 71.0 Å². The first-order chi connectivity index (χ1) is 5.11. The van der Waals surface area contributed by atoms with Gasteiger partial charge >= 0.3 is 0 Å². The van der Waals surface area contributed by atoms with Gasteiger partial charge < -0.3 is 4.74 Å². The molecule has 0 aliphatic rings. The van der Waals surface area contributed by atoms with Gasteiger partial charge in [0, 0.05) is 0 Å². The first kappa shape index (κ1) is 10.8.